The molecule has 0 aliphatic rings. The maximum Gasteiger partial charge on any atom is 0.308 e. The smallest absolute Gasteiger partial charge is 0.308 e. The van der Waals surface area contributed by atoms with Crippen LogP contribution in [-0.4, -0.2) is 11.9 Å². The molecule has 4 nitrogen and oxygen atoms in total. The molecule has 1 rings (SSSR count). The lowest BCUT2D eigenvalue weighted by molar-refractivity contribution is -0.134. The highest BCUT2D eigenvalue weighted by Gasteiger charge is 2.10. The van der Waals surface area contributed by atoms with E-state index in [0.29, 0.717) is 5.56 Å². The quantitative estimate of drug-likeness (QED) is 0.576. The van der Waals surface area contributed by atoms with Gasteiger partial charge in [0.25, 0.3) is 0 Å². The normalized spacial score (nSPS) is 9.38. The lowest BCUT2D eigenvalue weighted by Gasteiger charge is -2.08. The average molecular weight is 219 g/mol. The Bertz CT molecular complexity index is 435. The summed E-state index contributed by atoms with van der Waals surface area (Å²) in [5, 5.41) is 0. The molecule has 0 spiro atoms. The number of benzene rings is 1. The van der Waals surface area contributed by atoms with Crippen LogP contribution < -0.4 is 9.47 Å². The Morgan fingerprint density at radius 2 is 1.69 bits per heavy atom. The Hall–Kier alpha value is -2.10. The zero-order valence-corrected chi connectivity index (χ0v) is 9.02. The molecular formula is C12H11O4. The molecule has 0 heterocycles. The van der Waals surface area contributed by atoms with E-state index in [1.165, 1.54) is 32.1 Å². The molecule has 0 fully saturated rings. The molecule has 1 radical (unpaired) electrons. The van der Waals surface area contributed by atoms with Crippen molar-refractivity contribution < 1.29 is 19.1 Å². The lowest BCUT2D eigenvalue weighted by atomic mass is 10.2. The highest BCUT2D eigenvalue weighted by molar-refractivity contribution is 5.74. The maximum absolute atomic E-state index is 10.8. The van der Waals surface area contributed by atoms with Crippen molar-refractivity contribution in [3.8, 4) is 11.5 Å². The van der Waals surface area contributed by atoms with E-state index in [-0.39, 0.29) is 11.5 Å². The molecule has 16 heavy (non-hydrogen) atoms. The van der Waals surface area contributed by atoms with Crippen molar-refractivity contribution in [1.29, 1.82) is 0 Å². The fraction of sp³-hybridized carbons (Fsp3) is 0.167. The minimum Gasteiger partial charge on any atom is -0.423 e. The molecule has 0 aliphatic carbocycles. The first-order valence-corrected chi connectivity index (χ1v) is 4.58. The van der Waals surface area contributed by atoms with Crippen molar-refractivity contribution in [2.75, 3.05) is 0 Å². The van der Waals surface area contributed by atoms with Gasteiger partial charge in [-0.25, -0.2) is 0 Å². The second kappa shape index (κ2) is 5.11. The van der Waals surface area contributed by atoms with Crippen molar-refractivity contribution in [2.45, 2.75) is 13.8 Å². The number of esters is 2. The van der Waals surface area contributed by atoms with E-state index in [0.717, 1.165) is 0 Å². The molecule has 0 aromatic heterocycles. The first-order valence-electron chi connectivity index (χ1n) is 4.58. The minimum atomic E-state index is -0.498. The number of hydrogen-bond donors (Lipinski definition) is 0. The third-order valence-corrected chi connectivity index (χ3v) is 1.67. The van der Waals surface area contributed by atoms with E-state index in [1.807, 2.05) is 0 Å². The molecule has 0 amide bonds. The number of carbonyl (C=O) groups excluding carboxylic acids is 2. The van der Waals surface area contributed by atoms with Gasteiger partial charge in [0.1, 0.15) is 0 Å². The van der Waals surface area contributed by atoms with E-state index >= 15 is 0 Å². The van der Waals surface area contributed by atoms with Crippen molar-refractivity contribution in [3.63, 3.8) is 0 Å². The summed E-state index contributed by atoms with van der Waals surface area (Å²) < 4.78 is 9.77. The Morgan fingerprint density at radius 3 is 2.19 bits per heavy atom. The van der Waals surface area contributed by atoms with Gasteiger partial charge in [-0.2, -0.15) is 0 Å². The van der Waals surface area contributed by atoms with E-state index in [2.05, 4.69) is 0 Å². The molecule has 0 unspecified atom stereocenters. The van der Waals surface area contributed by atoms with Crippen LogP contribution in [0, 0.1) is 6.58 Å². The van der Waals surface area contributed by atoms with Gasteiger partial charge in [-0.3, -0.25) is 9.59 Å². The first kappa shape index (κ1) is 12.0. The summed E-state index contributed by atoms with van der Waals surface area (Å²) >= 11 is 0. The maximum atomic E-state index is 10.8. The van der Waals surface area contributed by atoms with Crippen LogP contribution in [0.2, 0.25) is 0 Å². The molecule has 1 aromatic carbocycles. The van der Waals surface area contributed by atoms with E-state index in [9.17, 15) is 9.59 Å². The highest BCUT2D eigenvalue weighted by Crippen LogP contribution is 2.29. The van der Waals surface area contributed by atoms with Crippen LogP contribution in [0.1, 0.15) is 19.4 Å². The van der Waals surface area contributed by atoms with E-state index in [1.54, 1.807) is 6.07 Å². The highest BCUT2D eigenvalue weighted by atomic mass is 16.6. The van der Waals surface area contributed by atoms with Crippen LogP contribution in [-0.2, 0) is 9.59 Å². The van der Waals surface area contributed by atoms with Crippen LogP contribution >= 0.6 is 0 Å². The molecular weight excluding hydrogens is 208 g/mol. The molecule has 4 heteroatoms. The SMILES string of the molecule is [CH]=Cc1ccc(OC(C)=O)c(OC(C)=O)c1. The average Bonchev–Trinajstić information content (AvgIpc) is 2.19. The molecule has 83 valence electrons. The number of ether oxygens (including phenoxy) is 2. The first-order chi connectivity index (χ1) is 7.52. The van der Waals surface area contributed by atoms with E-state index in [4.69, 9.17) is 16.1 Å². The largest absolute Gasteiger partial charge is 0.423 e. The van der Waals surface area contributed by atoms with E-state index < -0.39 is 11.9 Å². The Kier molecular flexibility index (Phi) is 3.83. The van der Waals surface area contributed by atoms with Crippen LogP contribution in [0.4, 0.5) is 0 Å². The molecule has 0 N–H and O–H groups in total. The molecule has 1 aromatic rings. The predicted octanol–water partition coefficient (Wildman–Crippen LogP) is 1.98. The lowest BCUT2D eigenvalue weighted by Crippen LogP contribution is -2.07. The van der Waals surface area contributed by atoms with Gasteiger partial charge in [0.05, 0.1) is 0 Å². The van der Waals surface area contributed by atoms with Crippen LogP contribution in [0.25, 0.3) is 6.08 Å². The van der Waals surface area contributed by atoms with Crippen LogP contribution in [0.15, 0.2) is 18.2 Å². The number of rotatable bonds is 3. The zero-order chi connectivity index (χ0) is 12.1. The third-order valence-electron chi connectivity index (χ3n) is 1.67. The van der Waals surface area contributed by atoms with Crippen LogP contribution in [0.3, 0.4) is 0 Å². The summed E-state index contributed by atoms with van der Waals surface area (Å²) in [4.78, 5) is 21.7. The predicted molar refractivity (Wildman–Crippen MR) is 57.8 cm³/mol. The summed E-state index contributed by atoms with van der Waals surface area (Å²) in [5.41, 5.74) is 0.659. The second-order valence-electron chi connectivity index (χ2n) is 3.06. The third kappa shape index (κ3) is 3.24. The summed E-state index contributed by atoms with van der Waals surface area (Å²) in [7, 11) is 0. The van der Waals surface area contributed by atoms with Gasteiger partial charge in [0.15, 0.2) is 11.5 Å². The Labute approximate surface area is 93.5 Å². The fourth-order valence-electron chi connectivity index (χ4n) is 1.10. The summed E-state index contributed by atoms with van der Waals surface area (Å²) in [5.74, 6) is -0.629. The van der Waals surface area contributed by atoms with Crippen LogP contribution in [0.5, 0.6) is 11.5 Å². The van der Waals surface area contributed by atoms with Gasteiger partial charge in [-0.1, -0.05) is 18.7 Å². The summed E-state index contributed by atoms with van der Waals surface area (Å²) in [6.45, 7) is 7.85. The van der Waals surface area contributed by atoms with Crippen molar-refractivity contribution in [2.24, 2.45) is 0 Å². The van der Waals surface area contributed by atoms with Crippen molar-refractivity contribution in [3.05, 3.63) is 30.3 Å². The Balaban J connectivity index is 3.09. The zero-order valence-electron chi connectivity index (χ0n) is 9.02. The standard InChI is InChI=1S/C12H11O4/c1-4-10-5-6-11(15-8(2)13)12(7-10)16-9(3)14/h1,4-7H,2-3H3. The molecule has 0 atom stereocenters. The van der Waals surface area contributed by atoms with Gasteiger partial charge in [0, 0.05) is 13.8 Å². The number of carbonyl (C=O) groups is 2. The van der Waals surface area contributed by atoms with Crippen molar-refractivity contribution in [1.82, 2.24) is 0 Å². The van der Waals surface area contributed by atoms with Gasteiger partial charge in [0.2, 0.25) is 0 Å². The van der Waals surface area contributed by atoms with Crippen molar-refractivity contribution >= 4 is 18.0 Å². The van der Waals surface area contributed by atoms with Gasteiger partial charge < -0.3 is 9.47 Å². The molecule has 0 bridgehead atoms. The molecule has 0 saturated heterocycles. The topological polar surface area (TPSA) is 52.6 Å². The second-order valence-corrected chi connectivity index (χ2v) is 3.06. The minimum absolute atomic E-state index is 0.168. The fourth-order valence-corrected chi connectivity index (χ4v) is 1.10. The monoisotopic (exact) mass is 219 g/mol. The number of hydrogen-bond acceptors (Lipinski definition) is 4. The summed E-state index contributed by atoms with van der Waals surface area (Å²) in [6.07, 6.45) is 1.35. The van der Waals surface area contributed by atoms with Gasteiger partial charge >= 0.3 is 11.9 Å². The molecule has 0 saturated carbocycles. The Morgan fingerprint density at radius 1 is 1.12 bits per heavy atom. The van der Waals surface area contributed by atoms with Gasteiger partial charge in [-0.05, 0) is 17.7 Å². The molecule has 0 aliphatic heterocycles. The summed E-state index contributed by atoms with van der Waals surface area (Å²) in [6, 6.07) is 4.67. The van der Waals surface area contributed by atoms with Gasteiger partial charge in [-0.15, -0.1) is 0 Å².